The Kier molecular flexibility index (Phi) is 5.18. The zero-order valence-electron chi connectivity index (χ0n) is 16.9. The summed E-state index contributed by atoms with van der Waals surface area (Å²) in [7, 11) is 1.55. The topological polar surface area (TPSA) is 79.9 Å². The van der Waals surface area contributed by atoms with Crippen molar-refractivity contribution in [2.75, 3.05) is 13.7 Å². The second kappa shape index (κ2) is 7.94. The van der Waals surface area contributed by atoms with Gasteiger partial charge in [0.25, 0.3) is 5.91 Å². The Morgan fingerprint density at radius 1 is 1.17 bits per heavy atom. The minimum Gasteiger partial charge on any atom is -0.481 e. The van der Waals surface area contributed by atoms with Gasteiger partial charge in [0, 0.05) is 40.9 Å². The summed E-state index contributed by atoms with van der Waals surface area (Å²) in [6.07, 6.45) is 1.64. The third-order valence-corrected chi connectivity index (χ3v) is 5.00. The molecule has 2 aromatic heterocycles. The number of fused-ring (bicyclic) bond motifs is 1. The molecule has 0 spiro atoms. The number of carbonyl (C=O) groups excluding carboxylic acids is 1. The average Bonchev–Trinajstić information content (AvgIpc) is 3.16. The third-order valence-electron chi connectivity index (χ3n) is 5.00. The normalized spacial score (nSPS) is 10.9. The Balaban J connectivity index is 1.80. The molecule has 0 aliphatic rings. The number of benzene rings is 2. The van der Waals surface area contributed by atoms with Crippen LogP contribution < -0.4 is 10.1 Å². The van der Waals surface area contributed by atoms with Crippen LogP contribution in [0.5, 0.6) is 5.88 Å². The SMILES string of the molecule is CCNC(=O)c1ccc(C)c(-c2cc3[nH]nc(-c4ccc(OC)nc4)c3cc2F)c1. The molecule has 0 fully saturated rings. The van der Waals surface area contributed by atoms with E-state index in [-0.39, 0.29) is 11.7 Å². The average molecular weight is 404 g/mol. The number of halogens is 1. The van der Waals surface area contributed by atoms with Gasteiger partial charge in [-0.25, -0.2) is 9.37 Å². The van der Waals surface area contributed by atoms with E-state index in [0.717, 1.165) is 11.1 Å². The number of aryl methyl sites for hydroxylation is 1. The van der Waals surface area contributed by atoms with Crippen molar-refractivity contribution in [1.82, 2.24) is 20.5 Å². The number of pyridine rings is 1. The molecule has 0 saturated carbocycles. The number of methoxy groups -OCH3 is 1. The first-order chi connectivity index (χ1) is 14.5. The van der Waals surface area contributed by atoms with Crippen molar-refractivity contribution < 1.29 is 13.9 Å². The summed E-state index contributed by atoms with van der Waals surface area (Å²) in [4.78, 5) is 16.4. The van der Waals surface area contributed by atoms with E-state index >= 15 is 4.39 Å². The smallest absolute Gasteiger partial charge is 0.251 e. The first kappa shape index (κ1) is 19.6. The van der Waals surface area contributed by atoms with Gasteiger partial charge in [0.15, 0.2) is 0 Å². The molecule has 4 aromatic rings. The molecule has 2 aromatic carbocycles. The van der Waals surface area contributed by atoms with E-state index < -0.39 is 0 Å². The zero-order valence-corrected chi connectivity index (χ0v) is 16.9. The van der Waals surface area contributed by atoms with E-state index in [9.17, 15) is 4.79 Å². The summed E-state index contributed by atoms with van der Waals surface area (Å²) in [6, 6.07) is 12.0. The molecule has 0 radical (unpaired) electrons. The van der Waals surface area contributed by atoms with Gasteiger partial charge in [-0.15, -0.1) is 0 Å². The molecule has 1 amide bonds. The van der Waals surface area contributed by atoms with Gasteiger partial charge in [-0.3, -0.25) is 9.89 Å². The van der Waals surface area contributed by atoms with E-state index in [1.165, 1.54) is 6.07 Å². The predicted molar refractivity (Wildman–Crippen MR) is 114 cm³/mol. The molecule has 2 N–H and O–H groups in total. The standard InChI is InChI=1S/C23H21FN4O2/c1-4-25-23(29)14-6-5-13(2)16(9-14)17-11-20-18(10-19(17)24)22(28-27-20)15-7-8-21(30-3)26-12-15/h5-12H,4H2,1-3H3,(H,25,29)(H,27,28). The second-order valence-corrected chi connectivity index (χ2v) is 6.93. The van der Waals surface area contributed by atoms with Gasteiger partial charge in [0.05, 0.1) is 12.6 Å². The molecule has 152 valence electrons. The summed E-state index contributed by atoms with van der Waals surface area (Å²) in [5.41, 5.74) is 4.50. The number of aromatic amines is 1. The Bertz CT molecular complexity index is 1230. The van der Waals surface area contributed by atoms with Gasteiger partial charge in [0.2, 0.25) is 5.88 Å². The van der Waals surface area contributed by atoms with Crippen LogP contribution in [0.4, 0.5) is 4.39 Å². The number of amides is 1. The van der Waals surface area contributed by atoms with E-state index in [1.54, 1.807) is 37.6 Å². The predicted octanol–water partition coefficient (Wildman–Crippen LogP) is 4.50. The lowest BCUT2D eigenvalue weighted by molar-refractivity contribution is 0.0956. The van der Waals surface area contributed by atoms with Gasteiger partial charge >= 0.3 is 0 Å². The van der Waals surface area contributed by atoms with Crippen LogP contribution in [-0.2, 0) is 0 Å². The van der Waals surface area contributed by atoms with Crippen molar-refractivity contribution in [2.45, 2.75) is 13.8 Å². The van der Waals surface area contributed by atoms with E-state index in [4.69, 9.17) is 4.74 Å². The van der Waals surface area contributed by atoms with Crippen LogP contribution in [0.15, 0.2) is 48.7 Å². The maximum absolute atomic E-state index is 15.2. The molecular formula is C23H21FN4O2. The summed E-state index contributed by atoms with van der Waals surface area (Å²) >= 11 is 0. The first-order valence-electron chi connectivity index (χ1n) is 9.59. The number of nitrogens with zero attached hydrogens (tertiary/aromatic N) is 2. The first-order valence-corrected chi connectivity index (χ1v) is 9.59. The highest BCUT2D eigenvalue weighted by Gasteiger charge is 2.16. The number of hydrogen-bond donors (Lipinski definition) is 2. The summed E-state index contributed by atoms with van der Waals surface area (Å²) < 4.78 is 20.3. The summed E-state index contributed by atoms with van der Waals surface area (Å²) in [5.74, 6) is -0.0756. The Hall–Kier alpha value is -3.74. The van der Waals surface area contributed by atoms with Crippen LogP contribution in [-0.4, -0.2) is 34.7 Å². The van der Waals surface area contributed by atoms with Crippen molar-refractivity contribution in [3.63, 3.8) is 0 Å². The minimum atomic E-state index is -0.386. The highest BCUT2D eigenvalue weighted by Crippen LogP contribution is 2.34. The number of nitrogens with one attached hydrogen (secondary N) is 2. The minimum absolute atomic E-state index is 0.184. The van der Waals surface area contributed by atoms with Crippen molar-refractivity contribution in [3.8, 4) is 28.3 Å². The van der Waals surface area contributed by atoms with Crippen molar-refractivity contribution in [2.24, 2.45) is 0 Å². The molecule has 2 heterocycles. The van der Waals surface area contributed by atoms with Crippen molar-refractivity contribution in [1.29, 1.82) is 0 Å². The molecule has 0 atom stereocenters. The largest absolute Gasteiger partial charge is 0.481 e. The zero-order chi connectivity index (χ0) is 21.3. The van der Waals surface area contributed by atoms with Crippen LogP contribution in [0.25, 0.3) is 33.3 Å². The number of carbonyl (C=O) groups is 1. The lowest BCUT2D eigenvalue weighted by Crippen LogP contribution is -2.22. The molecule has 7 heteroatoms. The maximum Gasteiger partial charge on any atom is 0.251 e. The number of H-pyrrole nitrogens is 1. The van der Waals surface area contributed by atoms with Gasteiger partial charge in [-0.1, -0.05) is 6.07 Å². The number of rotatable bonds is 5. The monoisotopic (exact) mass is 404 g/mol. The molecule has 0 aliphatic carbocycles. The number of ether oxygens (including phenoxy) is 1. The van der Waals surface area contributed by atoms with Gasteiger partial charge in [-0.05, 0) is 55.3 Å². The van der Waals surface area contributed by atoms with Gasteiger partial charge in [0.1, 0.15) is 11.5 Å². The van der Waals surface area contributed by atoms with Crippen LogP contribution in [0, 0.1) is 12.7 Å². The second-order valence-electron chi connectivity index (χ2n) is 6.93. The summed E-state index contributed by atoms with van der Waals surface area (Å²) in [5, 5.41) is 10.8. The molecular weight excluding hydrogens is 383 g/mol. The molecule has 30 heavy (non-hydrogen) atoms. The maximum atomic E-state index is 15.2. The quantitative estimate of drug-likeness (QED) is 0.513. The Morgan fingerprint density at radius 2 is 2.00 bits per heavy atom. The third kappa shape index (κ3) is 3.50. The number of aromatic nitrogens is 3. The van der Waals surface area contributed by atoms with Gasteiger partial charge in [-0.2, -0.15) is 5.10 Å². The van der Waals surface area contributed by atoms with Crippen LogP contribution in [0.1, 0.15) is 22.8 Å². The molecule has 0 unspecified atom stereocenters. The van der Waals surface area contributed by atoms with E-state index in [1.807, 2.05) is 26.0 Å². The van der Waals surface area contributed by atoms with Crippen LogP contribution in [0.2, 0.25) is 0 Å². The van der Waals surface area contributed by atoms with E-state index in [2.05, 4.69) is 20.5 Å². The van der Waals surface area contributed by atoms with Crippen LogP contribution >= 0.6 is 0 Å². The highest BCUT2D eigenvalue weighted by molar-refractivity contribution is 5.98. The molecule has 6 nitrogen and oxygen atoms in total. The fraction of sp³-hybridized carbons (Fsp3) is 0.174. The van der Waals surface area contributed by atoms with Crippen molar-refractivity contribution >= 4 is 16.8 Å². The number of hydrogen-bond acceptors (Lipinski definition) is 4. The summed E-state index contributed by atoms with van der Waals surface area (Å²) in [6.45, 7) is 4.27. The highest BCUT2D eigenvalue weighted by atomic mass is 19.1. The fourth-order valence-corrected chi connectivity index (χ4v) is 3.42. The van der Waals surface area contributed by atoms with Gasteiger partial charge < -0.3 is 10.1 Å². The lowest BCUT2D eigenvalue weighted by Gasteiger charge is -2.11. The van der Waals surface area contributed by atoms with E-state index in [0.29, 0.717) is 45.7 Å². The Labute approximate surface area is 173 Å². The lowest BCUT2D eigenvalue weighted by atomic mass is 9.96. The molecule has 0 saturated heterocycles. The molecule has 0 bridgehead atoms. The molecule has 0 aliphatic heterocycles. The molecule has 4 rings (SSSR count). The Morgan fingerprint density at radius 3 is 2.70 bits per heavy atom. The fourth-order valence-electron chi connectivity index (χ4n) is 3.42. The van der Waals surface area contributed by atoms with Crippen LogP contribution in [0.3, 0.4) is 0 Å². The van der Waals surface area contributed by atoms with Crippen molar-refractivity contribution in [3.05, 3.63) is 65.6 Å².